The number of anilines is 2. The van der Waals surface area contributed by atoms with Crippen molar-refractivity contribution in [1.29, 1.82) is 0 Å². The smallest absolute Gasteiger partial charge is 0.256 e. The van der Waals surface area contributed by atoms with Crippen LogP contribution in [0.1, 0.15) is 47.1 Å². The number of piperidine rings is 1. The second kappa shape index (κ2) is 9.07. The molecule has 0 spiro atoms. The lowest BCUT2D eigenvalue weighted by molar-refractivity contribution is 0.0606. The first-order valence-electron chi connectivity index (χ1n) is 11.5. The Morgan fingerprint density at radius 3 is 2.69 bits per heavy atom. The summed E-state index contributed by atoms with van der Waals surface area (Å²) in [6.45, 7) is 3.63. The van der Waals surface area contributed by atoms with Crippen LogP contribution in [0.5, 0.6) is 0 Å². The normalized spacial score (nSPS) is 19.1. The molecule has 1 atom stereocenters. The van der Waals surface area contributed by atoms with Crippen molar-refractivity contribution in [1.82, 2.24) is 19.5 Å². The standard InChI is InChI=1S/C23H27BrN6O4S/c1-14-9-21(28-12-16(31)13-28)25-22-11-19(26-30(14)22)20-5-3-4-8-29(20)23(32)17-10-15(24)6-7-18(17)27-35(2,33)34/h6-7,9-11,16,20,27,31H,3-5,8,12-13H2,1-2H3/t20-/m0/s1. The van der Waals surface area contributed by atoms with Crippen molar-refractivity contribution in [2.45, 2.75) is 38.3 Å². The Hall–Kier alpha value is -2.70. The summed E-state index contributed by atoms with van der Waals surface area (Å²) < 4.78 is 28.7. The van der Waals surface area contributed by atoms with E-state index in [0.717, 1.165) is 42.7 Å². The molecule has 10 nitrogen and oxygen atoms in total. The fourth-order valence-corrected chi connectivity index (χ4v) is 5.65. The number of β-amino-alcohol motifs (C(OH)–C–C–N with tert-alkyl or cyclic N) is 1. The maximum atomic E-state index is 13.7. The number of sulfonamides is 1. The van der Waals surface area contributed by atoms with Gasteiger partial charge in [0.15, 0.2) is 5.65 Å². The highest BCUT2D eigenvalue weighted by Crippen LogP contribution is 2.34. The lowest BCUT2D eigenvalue weighted by atomic mass is 9.98. The van der Waals surface area contributed by atoms with Crippen LogP contribution in [0.2, 0.25) is 0 Å². The number of carbonyl (C=O) groups is 1. The Labute approximate surface area is 212 Å². The predicted octanol–water partition coefficient (Wildman–Crippen LogP) is 2.72. The highest BCUT2D eigenvalue weighted by atomic mass is 79.9. The zero-order chi connectivity index (χ0) is 24.9. The summed E-state index contributed by atoms with van der Waals surface area (Å²) in [5, 5.41) is 14.4. The van der Waals surface area contributed by atoms with E-state index in [-0.39, 0.29) is 29.3 Å². The van der Waals surface area contributed by atoms with E-state index < -0.39 is 10.0 Å². The first-order valence-corrected chi connectivity index (χ1v) is 14.2. The number of benzene rings is 1. The number of aliphatic hydroxyl groups excluding tert-OH is 1. The number of fused-ring (bicyclic) bond motifs is 1. The van der Waals surface area contributed by atoms with Crippen molar-refractivity contribution < 1.29 is 18.3 Å². The third-order valence-electron chi connectivity index (χ3n) is 6.41. The van der Waals surface area contributed by atoms with Crippen LogP contribution in [0.25, 0.3) is 5.65 Å². The highest BCUT2D eigenvalue weighted by molar-refractivity contribution is 9.10. The second-order valence-electron chi connectivity index (χ2n) is 9.23. The molecule has 2 aromatic heterocycles. The van der Waals surface area contributed by atoms with Crippen molar-refractivity contribution in [2.24, 2.45) is 0 Å². The summed E-state index contributed by atoms with van der Waals surface area (Å²) in [4.78, 5) is 22.3. The average Bonchev–Trinajstić information content (AvgIpc) is 3.21. The quantitative estimate of drug-likeness (QED) is 0.490. The molecule has 12 heteroatoms. The van der Waals surface area contributed by atoms with Crippen LogP contribution in [0.4, 0.5) is 11.5 Å². The number of halogens is 1. The molecule has 2 fully saturated rings. The van der Waals surface area contributed by atoms with Gasteiger partial charge in [0.2, 0.25) is 10.0 Å². The van der Waals surface area contributed by atoms with Gasteiger partial charge in [-0.2, -0.15) is 5.10 Å². The Morgan fingerprint density at radius 1 is 1.20 bits per heavy atom. The van der Waals surface area contributed by atoms with Crippen LogP contribution in [0.15, 0.2) is 34.8 Å². The van der Waals surface area contributed by atoms with Crippen LogP contribution in [0, 0.1) is 6.92 Å². The number of hydrogen-bond donors (Lipinski definition) is 2. The fourth-order valence-electron chi connectivity index (χ4n) is 4.71. The second-order valence-corrected chi connectivity index (χ2v) is 11.9. The number of nitrogens with one attached hydrogen (secondary N) is 1. The first-order chi connectivity index (χ1) is 16.6. The van der Waals surface area contributed by atoms with Crippen molar-refractivity contribution >= 4 is 49.0 Å². The summed E-state index contributed by atoms with van der Waals surface area (Å²) in [6, 6.07) is 8.54. The third kappa shape index (κ3) is 4.87. The fraction of sp³-hybridized carbons (Fsp3) is 0.435. The van der Waals surface area contributed by atoms with E-state index in [1.54, 1.807) is 27.6 Å². The summed E-state index contributed by atoms with van der Waals surface area (Å²) >= 11 is 3.40. The maximum Gasteiger partial charge on any atom is 0.256 e. The number of hydrogen-bond acceptors (Lipinski definition) is 7. The minimum atomic E-state index is -3.56. The molecule has 0 radical (unpaired) electrons. The summed E-state index contributed by atoms with van der Waals surface area (Å²) in [5.41, 5.74) is 2.89. The number of nitrogens with zero attached hydrogens (tertiary/aromatic N) is 5. The zero-order valence-corrected chi connectivity index (χ0v) is 21.9. The summed E-state index contributed by atoms with van der Waals surface area (Å²) in [6.07, 6.45) is 3.31. The van der Waals surface area contributed by atoms with Gasteiger partial charge in [-0.15, -0.1) is 0 Å². The molecule has 0 unspecified atom stereocenters. The molecule has 5 rings (SSSR count). The molecule has 0 saturated carbocycles. The van der Waals surface area contributed by atoms with E-state index in [0.29, 0.717) is 29.8 Å². The Bertz CT molecular complexity index is 1400. The molecule has 2 N–H and O–H groups in total. The van der Waals surface area contributed by atoms with E-state index in [1.807, 2.05) is 24.0 Å². The molecule has 0 bridgehead atoms. The van der Waals surface area contributed by atoms with Crippen LogP contribution in [0.3, 0.4) is 0 Å². The molecular weight excluding hydrogens is 536 g/mol. The molecule has 2 aliphatic heterocycles. The van der Waals surface area contributed by atoms with E-state index in [9.17, 15) is 18.3 Å². The van der Waals surface area contributed by atoms with Crippen LogP contribution in [-0.2, 0) is 10.0 Å². The van der Waals surface area contributed by atoms with Gasteiger partial charge in [0.1, 0.15) is 5.82 Å². The van der Waals surface area contributed by atoms with Crippen molar-refractivity contribution in [3.05, 3.63) is 51.8 Å². The summed E-state index contributed by atoms with van der Waals surface area (Å²) in [7, 11) is -3.56. The molecule has 4 heterocycles. The average molecular weight is 563 g/mol. The van der Waals surface area contributed by atoms with Crippen molar-refractivity contribution in [2.75, 3.05) is 35.5 Å². The lowest BCUT2D eigenvalue weighted by Gasteiger charge is -2.36. The predicted molar refractivity (Wildman–Crippen MR) is 136 cm³/mol. The monoisotopic (exact) mass is 562 g/mol. The van der Waals surface area contributed by atoms with E-state index in [1.165, 1.54) is 0 Å². The molecule has 3 aromatic rings. The van der Waals surface area contributed by atoms with Gasteiger partial charge in [-0.1, -0.05) is 15.9 Å². The zero-order valence-electron chi connectivity index (χ0n) is 19.5. The van der Waals surface area contributed by atoms with Gasteiger partial charge in [-0.25, -0.2) is 17.9 Å². The van der Waals surface area contributed by atoms with Gasteiger partial charge >= 0.3 is 0 Å². The minimum Gasteiger partial charge on any atom is -0.389 e. The topological polar surface area (TPSA) is 120 Å². The van der Waals surface area contributed by atoms with Gasteiger partial charge in [-0.3, -0.25) is 9.52 Å². The number of rotatable bonds is 5. The molecular formula is C23H27BrN6O4S. The number of aromatic nitrogens is 3. The van der Waals surface area contributed by atoms with Gasteiger partial charge in [0, 0.05) is 41.9 Å². The molecule has 186 valence electrons. The van der Waals surface area contributed by atoms with Gasteiger partial charge in [-0.05, 0) is 44.4 Å². The number of likely N-dealkylation sites (tertiary alicyclic amines) is 1. The molecule has 35 heavy (non-hydrogen) atoms. The molecule has 2 aliphatic rings. The van der Waals surface area contributed by atoms with Gasteiger partial charge < -0.3 is 14.9 Å². The maximum absolute atomic E-state index is 13.7. The lowest BCUT2D eigenvalue weighted by Crippen LogP contribution is -2.51. The minimum absolute atomic E-state index is 0.249. The van der Waals surface area contributed by atoms with Crippen LogP contribution < -0.4 is 9.62 Å². The Balaban J connectivity index is 1.49. The van der Waals surface area contributed by atoms with E-state index >= 15 is 0 Å². The molecule has 2 saturated heterocycles. The van der Waals surface area contributed by atoms with Gasteiger partial charge in [0.05, 0.1) is 35.3 Å². The SMILES string of the molecule is Cc1cc(N2CC(O)C2)nc2cc([C@@H]3CCCCN3C(=O)c3cc(Br)ccc3NS(C)(=O)=O)nn12. The number of aryl methyl sites for hydroxylation is 1. The highest BCUT2D eigenvalue weighted by Gasteiger charge is 2.33. The molecule has 0 aliphatic carbocycles. The molecule has 1 aromatic carbocycles. The summed E-state index contributed by atoms with van der Waals surface area (Å²) in [5.74, 6) is 0.549. The van der Waals surface area contributed by atoms with Crippen molar-refractivity contribution in [3.63, 3.8) is 0 Å². The Kier molecular flexibility index (Phi) is 6.22. The molecule has 1 amide bonds. The third-order valence-corrected chi connectivity index (χ3v) is 7.49. The van der Waals surface area contributed by atoms with Gasteiger partial charge in [0.25, 0.3) is 5.91 Å². The van der Waals surface area contributed by atoms with E-state index in [4.69, 9.17) is 10.1 Å². The van der Waals surface area contributed by atoms with E-state index in [2.05, 4.69) is 20.7 Å². The number of amides is 1. The number of aliphatic hydroxyl groups is 1. The largest absolute Gasteiger partial charge is 0.389 e. The van der Waals surface area contributed by atoms with Crippen molar-refractivity contribution in [3.8, 4) is 0 Å². The van der Waals surface area contributed by atoms with Crippen LogP contribution >= 0.6 is 15.9 Å². The number of carbonyl (C=O) groups excluding carboxylic acids is 1. The van der Waals surface area contributed by atoms with Crippen LogP contribution in [-0.4, -0.2) is 70.9 Å². The first kappa shape index (κ1) is 24.0. The Morgan fingerprint density at radius 2 is 1.97 bits per heavy atom.